The number of rotatable bonds is 8. The highest BCUT2D eigenvalue weighted by Gasteiger charge is 2.48. The highest BCUT2D eigenvalue weighted by Crippen LogP contribution is 2.54. The van der Waals surface area contributed by atoms with Gasteiger partial charge in [0.2, 0.25) is 11.5 Å². The van der Waals surface area contributed by atoms with Crippen LogP contribution in [0.25, 0.3) is 0 Å². The van der Waals surface area contributed by atoms with Gasteiger partial charge in [-0.2, -0.15) is 0 Å². The molecule has 1 heterocycles. The Kier molecular flexibility index (Phi) is 6.70. The number of amides is 1. The largest absolute Gasteiger partial charge is 0.492 e. The molecule has 2 aromatic carbocycles. The summed E-state index contributed by atoms with van der Waals surface area (Å²) >= 11 is 0. The first-order valence-corrected chi connectivity index (χ1v) is 11.5. The molecule has 1 unspecified atom stereocenters. The summed E-state index contributed by atoms with van der Waals surface area (Å²) in [5, 5.41) is 0. The van der Waals surface area contributed by atoms with Gasteiger partial charge >= 0.3 is 0 Å². The van der Waals surface area contributed by atoms with Crippen molar-refractivity contribution in [3.8, 4) is 28.7 Å². The van der Waals surface area contributed by atoms with E-state index in [2.05, 4.69) is 6.92 Å². The van der Waals surface area contributed by atoms with E-state index in [4.69, 9.17) is 24.7 Å². The van der Waals surface area contributed by atoms with Crippen molar-refractivity contribution >= 4 is 5.91 Å². The van der Waals surface area contributed by atoms with Gasteiger partial charge in [0.25, 0.3) is 5.91 Å². The first-order chi connectivity index (χ1) is 15.9. The molecule has 2 N–H and O–H groups in total. The molecule has 33 heavy (non-hydrogen) atoms. The summed E-state index contributed by atoms with van der Waals surface area (Å²) in [6.07, 6.45) is 4.38. The van der Waals surface area contributed by atoms with Gasteiger partial charge < -0.3 is 29.6 Å². The highest BCUT2D eigenvalue weighted by atomic mass is 16.5. The second kappa shape index (κ2) is 9.51. The SMILES string of the molecule is COc1c(Oc2ccc(CCN)cc2)cc(C(=O)N2CC(C)CC3(CC3)C2)c(OC)c1OC. The van der Waals surface area contributed by atoms with Crippen LogP contribution in [0.5, 0.6) is 28.7 Å². The number of ether oxygens (including phenoxy) is 4. The third-order valence-electron chi connectivity index (χ3n) is 6.67. The fourth-order valence-corrected chi connectivity index (χ4v) is 5.01. The van der Waals surface area contributed by atoms with Crippen LogP contribution in [-0.2, 0) is 6.42 Å². The first-order valence-electron chi connectivity index (χ1n) is 11.5. The fraction of sp³-hybridized carbons (Fsp3) is 0.500. The van der Waals surface area contributed by atoms with Crippen LogP contribution in [-0.4, -0.2) is 51.8 Å². The topological polar surface area (TPSA) is 83.3 Å². The highest BCUT2D eigenvalue weighted by molar-refractivity contribution is 5.99. The van der Waals surface area contributed by atoms with Crippen molar-refractivity contribution in [3.63, 3.8) is 0 Å². The van der Waals surface area contributed by atoms with E-state index in [0.717, 1.165) is 25.1 Å². The summed E-state index contributed by atoms with van der Waals surface area (Å²) in [6, 6.07) is 9.42. The van der Waals surface area contributed by atoms with Crippen LogP contribution in [0.15, 0.2) is 30.3 Å². The van der Waals surface area contributed by atoms with Gasteiger partial charge in [-0.25, -0.2) is 0 Å². The van der Waals surface area contributed by atoms with Gasteiger partial charge in [0, 0.05) is 19.2 Å². The third-order valence-corrected chi connectivity index (χ3v) is 6.67. The normalized spacial score (nSPS) is 18.7. The number of likely N-dealkylation sites (tertiary alicyclic amines) is 1. The van der Waals surface area contributed by atoms with Crippen molar-refractivity contribution in [2.24, 2.45) is 17.1 Å². The zero-order valence-corrected chi connectivity index (χ0v) is 20.0. The van der Waals surface area contributed by atoms with Crippen LogP contribution in [0.2, 0.25) is 0 Å². The number of nitrogens with zero attached hydrogens (tertiary/aromatic N) is 1. The first kappa shape index (κ1) is 23.2. The van der Waals surface area contributed by atoms with Gasteiger partial charge in [-0.1, -0.05) is 19.1 Å². The van der Waals surface area contributed by atoms with Gasteiger partial charge in [-0.15, -0.1) is 0 Å². The minimum absolute atomic E-state index is 0.0752. The standard InChI is InChI=1S/C26H34N2O5/c1-17-14-26(10-11-26)16-28(15-17)25(29)20-13-21(23(31-3)24(32-4)22(20)30-2)33-19-7-5-18(6-8-19)9-12-27/h5-8,13,17H,9-12,14-16,27H2,1-4H3. The van der Waals surface area contributed by atoms with Crippen molar-refractivity contribution in [1.29, 1.82) is 0 Å². The Morgan fingerprint density at radius 2 is 1.73 bits per heavy atom. The Morgan fingerprint density at radius 1 is 1.06 bits per heavy atom. The van der Waals surface area contributed by atoms with Crippen LogP contribution < -0.4 is 24.7 Å². The number of carbonyl (C=O) groups is 1. The molecular weight excluding hydrogens is 420 g/mol. The second-order valence-corrected chi connectivity index (χ2v) is 9.30. The lowest BCUT2D eigenvalue weighted by molar-refractivity contribution is 0.0576. The maximum absolute atomic E-state index is 13.7. The van der Waals surface area contributed by atoms with Crippen LogP contribution in [0.4, 0.5) is 0 Å². The summed E-state index contributed by atoms with van der Waals surface area (Å²) in [5.41, 5.74) is 7.48. The van der Waals surface area contributed by atoms with Crippen LogP contribution in [0.3, 0.4) is 0 Å². The van der Waals surface area contributed by atoms with Gasteiger partial charge in [0.1, 0.15) is 5.75 Å². The molecule has 7 heteroatoms. The average molecular weight is 455 g/mol. The molecule has 178 valence electrons. The molecule has 1 spiro atoms. The van der Waals surface area contributed by atoms with E-state index >= 15 is 0 Å². The molecule has 1 amide bonds. The minimum Gasteiger partial charge on any atom is -0.492 e. The van der Waals surface area contributed by atoms with Gasteiger partial charge in [0.05, 0.1) is 26.9 Å². The summed E-state index contributed by atoms with van der Waals surface area (Å²) in [6.45, 7) is 4.32. The third kappa shape index (κ3) is 4.74. The second-order valence-electron chi connectivity index (χ2n) is 9.30. The monoisotopic (exact) mass is 454 g/mol. The molecule has 1 aliphatic carbocycles. The molecule has 1 saturated carbocycles. The Hall–Kier alpha value is -2.93. The van der Waals surface area contributed by atoms with Crippen molar-refractivity contribution in [1.82, 2.24) is 4.90 Å². The lowest BCUT2D eigenvalue weighted by atomic mass is 9.87. The van der Waals surface area contributed by atoms with Gasteiger partial charge in [-0.05, 0) is 61.3 Å². The van der Waals surface area contributed by atoms with E-state index < -0.39 is 0 Å². The lowest BCUT2D eigenvalue weighted by Gasteiger charge is -2.37. The molecule has 1 aliphatic heterocycles. The van der Waals surface area contributed by atoms with Crippen molar-refractivity contribution < 1.29 is 23.7 Å². The number of benzene rings is 2. The van der Waals surface area contributed by atoms with Crippen LogP contribution in [0.1, 0.15) is 42.1 Å². The van der Waals surface area contributed by atoms with E-state index in [9.17, 15) is 4.79 Å². The predicted octanol–water partition coefficient (Wildman–Crippen LogP) is 4.27. The number of hydrogen-bond acceptors (Lipinski definition) is 6. The number of nitrogens with two attached hydrogens (primary N) is 1. The summed E-state index contributed by atoms with van der Waals surface area (Å²) in [5.74, 6) is 2.50. The molecule has 7 nitrogen and oxygen atoms in total. The predicted molar refractivity (Wildman–Crippen MR) is 127 cm³/mol. The Morgan fingerprint density at radius 3 is 2.30 bits per heavy atom. The molecule has 0 radical (unpaired) electrons. The summed E-state index contributed by atoms with van der Waals surface area (Å²) in [4.78, 5) is 15.7. The Bertz CT molecular complexity index is 1000. The number of hydrogen-bond donors (Lipinski definition) is 1. The average Bonchev–Trinajstić information content (AvgIpc) is 3.56. The van der Waals surface area contributed by atoms with E-state index in [0.29, 0.717) is 52.2 Å². The fourth-order valence-electron chi connectivity index (χ4n) is 5.01. The molecule has 4 rings (SSSR count). The maximum atomic E-state index is 13.7. The molecule has 0 aromatic heterocycles. The van der Waals surface area contributed by atoms with Gasteiger partial charge in [-0.3, -0.25) is 4.79 Å². The van der Waals surface area contributed by atoms with Crippen molar-refractivity contribution in [2.45, 2.75) is 32.6 Å². The molecule has 1 atom stereocenters. The van der Waals surface area contributed by atoms with E-state index in [1.807, 2.05) is 29.2 Å². The Balaban J connectivity index is 1.71. The maximum Gasteiger partial charge on any atom is 0.257 e. The van der Waals surface area contributed by atoms with Gasteiger partial charge in [0.15, 0.2) is 11.5 Å². The number of carbonyl (C=O) groups excluding carboxylic acids is 1. The van der Waals surface area contributed by atoms with Crippen molar-refractivity contribution in [2.75, 3.05) is 41.0 Å². The van der Waals surface area contributed by atoms with E-state index in [1.54, 1.807) is 13.2 Å². The van der Waals surface area contributed by atoms with Crippen LogP contribution >= 0.6 is 0 Å². The molecule has 0 bridgehead atoms. The summed E-state index contributed by atoms with van der Waals surface area (Å²) < 4.78 is 23.0. The zero-order valence-electron chi connectivity index (χ0n) is 20.0. The molecule has 2 aliphatic rings. The number of methoxy groups -OCH3 is 3. The lowest BCUT2D eigenvalue weighted by Crippen LogP contribution is -2.44. The van der Waals surface area contributed by atoms with E-state index in [-0.39, 0.29) is 5.91 Å². The molecule has 1 saturated heterocycles. The zero-order chi connectivity index (χ0) is 23.6. The minimum atomic E-state index is -0.0752. The number of piperidine rings is 1. The molecule has 2 fully saturated rings. The van der Waals surface area contributed by atoms with E-state index in [1.165, 1.54) is 33.5 Å². The quantitative estimate of drug-likeness (QED) is 0.641. The Labute approximate surface area is 195 Å². The van der Waals surface area contributed by atoms with Crippen molar-refractivity contribution in [3.05, 3.63) is 41.5 Å². The molecular formula is C26H34N2O5. The smallest absolute Gasteiger partial charge is 0.257 e. The summed E-state index contributed by atoms with van der Waals surface area (Å²) in [7, 11) is 4.60. The van der Waals surface area contributed by atoms with Crippen LogP contribution in [0, 0.1) is 11.3 Å². The molecule has 2 aromatic rings.